The molecule has 3 nitrogen and oxygen atoms in total. The minimum atomic E-state index is -0.261. The van der Waals surface area contributed by atoms with Crippen LogP contribution >= 0.6 is 12.4 Å². The van der Waals surface area contributed by atoms with Crippen molar-refractivity contribution in [3.63, 3.8) is 0 Å². The van der Waals surface area contributed by atoms with E-state index < -0.39 is 0 Å². The van der Waals surface area contributed by atoms with Crippen LogP contribution in [0.3, 0.4) is 0 Å². The number of nitrogens with two attached hydrogens (primary N) is 1. The van der Waals surface area contributed by atoms with Crippen LogP contribution in [0, 0.1) is 5.82 Å². The normalized spacial score (nSPS) is 9.76. The zero-order valence-corrected chi connectivity index (χ0v) is 9.95. The van der Waals surface area contributed by atoms with Crippen molar-refractivity contribution in [1.82, 2.24) is 9.97 Å². The molecule has 0 saturated heterocycles. The Morgan fingerprint density at radius 1 is 1.12 bits per heavy atom. The van der Waals surface area contributed by atoms with E-state index in [-0.39, 0.29) is 18.2 Å². The maximum atomic E-state index is 13.0. The predicted octanol–water partition coefficient (Wildman–Crippen LogP) is 2.21. The summed E-state index contributed by atoms with van der Waals surface area (Å²) >= 11 is 0. The molecule has 90 valence electrons. The fraction of sp³-hybridized carbons (Fsp3) is 0.167. The minimum absolute atomic E-state index is 0. The molecule has 2 N–H and O–H groups in total. The second-order valence-corrected chi connectivity index (χ2v) is 3.44. The summed E-state index contributed by atoms with van der Waals surface area (Å²) in [4.78, 5) is 8.32. The highest BCUT2D eigenvalue weighted by Gasteiger charge is 2.01. The van der Waals surface area contributed by atoms with Crippen molar-refractivity contribution in [2.75, 3.05) is 6.54 Å². The molecule has 5 heteroatoms. The lowest BCUT2D eigenvalue weighted by Gasteiger charge is -2.02. The van der Waals surface area contributed by atoms with Crippen molar-refractivity contribution in [3.8, 4) is 11.1 Å². The Hall–Kier alpha value is -1.52. The van der Waals surface area contributed by atoms with E-state index >= 15 is 0 Å². The first-order valence-electron chi connectivity index (χ1n) is 5.06. The number of rotatable bonds is 3. The summed E-state index contributed by atoms with van der Waals surface area (Å²) in [5.74, 6) is 0.450. The lowest BCUT2D eigenvalue weighted by atomic mass is 10.1. The van der Waals surface area contributed by atoms with Gasteiger partial charge < -0.3 is 5.73 Å². The molecule has 17 heavy (non-hydrogen) atoms. The lowest BCUT2D eigenvalue weighted by molar-refractivity contribution is 0.628. The second kappa shape index (κ2) is 6.27. The van der Waals surface area contributed by atoms with Crippen molar-refractivity contribution < 1.29 is 4.39 Å². The fourth-order valence-corrected chi connectivity index (χ4v) is 1.43. The van der Waals surface area contributed by atoms with Gasteiger partial charge in [0.05, 0.1) is 0 Å². The molecule has 2 rings (SSSR count). The molecule has 0 spiro atoms. The maximum Gasteiger partial charge on any atom is 0.129 e. The smallest absolute Gasteiger partial charge is 0.129 e. The van der Waals surface area contributed by atoms with Crippen molar-refractivity contribution in [2.45, 2.75) is 6.42 Å². The third-order valence-corrected chi connectivity index (χ3v) is 2.23. The Bertz CT molecular complexity index is 473. The SMILES string of the molecule is Cl.NCCc1ncc(-c2cccc(F)c2)cn1. The summed E-state index contributed by atoms with van der Waals surface area (Å²) in [5.41, 5.74) is 6.98. The number of hydrogen-bond donors (Lipinski definition) is 1. The molecule has 1 aromatic carbocycles. The topological polar surface area (TPSA) is 51.8 Å². The van der Waals surface area contributed by atoms with Crippen LogP contribution in [-0.2, 0) is 6.42 Å². The molecule has 0 radical (unpaired) electrons. The molecule has 0 amide bonds. The number of aromatic nitrogens is 2. The molecule has 1 aromatic heterocycles. The van der Waals surface area contributed by atoms with E-state index in [1.807, 2.05) is 6.07 Å². The van der Waals surface area contributed by atoms with Gasteiger partial charge in [0, 0.05) is 24.4 Å². The molecule has 0 fully saturated rings. The van der Waals surface area contributed by atoms with E-state index in [0.29, 0.717) is 18.8 Å². The highest BCUT2D eigenvalue weighted by molar-refractivity contribution is 5.85. The van der Waals surface area contributed by atoms with Gasteiger partial charge in [0.25, 0.3) is 0 Å². The highest BCUT2D eigenvalue weighted by atomic mass is 35.5. The van der Waals surface area contributed by atoms with Gasteiger partial charge in [-0.15, -0.1) is 12.4 Å². The Balaban J connectivity index is 0.00000144. The van der Waals surface area contributed by atoms with Gasteiger partial charge in [-0.1, -0.05) is 12.1 Å². The highest BCUT2D eigenvalue weighted by Crippen LogP contribution is 2.18. The number of benzene rings is 1. The van der Waals surface area contributed by atoms with Gasteiger partial charge in [0.15, 0.2) is 0 Å². The van der Waals surface area contributed by atoms with Gasteiger partial charge in [0.1, 0.15) is 11.6 Å². The van der Waals surface area contributed by atoms with E-state index in [9.17, 15) is 4.39 Å². The Labute approximate surface area is 105 Å². The van der Waals surface area contributed by atoms with Gasteiger partial charge in [-0.25, -0.2) is 14.4 Å². The Morgan fingerprint density at radius 2 is 1.82 bits per heavy atom. The summed E-state index contributed by atoms with van der Waals surface area (Å²) in [6.45, 7) is 0.527. The zero-order chi connectivity index (χ0) is 11.4. The average Bonchev–Trinajstić information content (AvgIpc) is 2.30. The second-order valence-electron chi connectivity index (χ2n) is 3.44. The number of halogens is 2. The van der Waals surface area contributed by atoms with E-state index in [2.05, 4.69) is 9.97 Å². The molecule has 0 bridgehead atoms. The van der Waals surface area contributed by atoms with E-state index in [1.54, 1.807) is 18.5 Å². The Morgan fingerprint density at radius 3 is 2.41 bits per heavy atom. The van der Waals surface area contributed by atoms with Gasteiger partial charge in [-0.2, -0.15) is 0 Å². The summed E-state index contributed by atoms with van der Waals surface area (Å²) in [6.07, 6.45) is 4.03. The van der Waals surface area contributed by atoms with Crippen LogP contribution in [0.25, 0.3) is 11.1 Å². The molecule has 0 atom stereocenters. The average molecular weight is 254 g/mol. The van der Waals surface area contributed by atoms with Crippen molar-refractivity contribution >= 4 is 12.4 Å². The third kappa shape index (κ3) is 3.47. The quantitative estimate of drug-likeness (QED) is 0.913. The number of nitrogens with zero attached hydrogens (tertiary/aromatic N) is 2. The van der Waals surface area contributed by atoms with Gasteiger partial charge >= 0.3 is 0 Å². The van der Waals surface area contributed by atoms with Crippen LogP contribution in [-0.4, -0.2) is 16.5 Å². The predicted molar refractivity (Wildman–Crippen MR) is 67.4 cm³/mol. The maximum absolute atomic E-state index is 13.0. The molecular formula is C12H13ClFN3. The van der Waals surface area contributed by atoms with Crippen molar-refractivity contribution in [2.24, 2.45) is 5.73 Å². The fourth-order valence-electron chi connectivity index (χ4n) is 1.43. The first-order chi connectivity index (χ1) is 7.79. The molecule has 2 aromatic rings. The lowest BCUT2D eigenvalue weighted by Crippen LogP contribution is -2.06. The van der Waals surface area contributed by atoms with Crippen LogP contribution in [0.1, 0.15) is 5.82 Å². The first-order valence-corrected chi connectivity index (χ1v) is 5.06. The summed E-state index contributed by atoms with van der Waals surface area (Å²) < 4.78 is 13.0. The van der Waals surface area contributed by atoms with Crippen LogP contribution in [0.2, 0.25) is 0 Å². The van der Waals surface area contributed by atoms with E-state index in [1.165, 1.54) is 12.1 Å². The van der Waals surface area contributed by atoms with Crippen LogP contribution in [0.5, 0.6) is 0 Å². The van der Waals surface area contributed by atoms with Gasteiger partial charge in [0.2, 0.25) is 0 Å². The van der Waals surface area contributed by atoms with Crippen LogP contribution in [0.15, 0.2) is 36.7 Å². The van der Waals surface area contributed by atoms with Crippen LogP contribution < -0.4 is 5.73 Å². The van der Waals surface area contributed by atoms with Crippen LogP contribution in [0.4, 0.5) is 4.39 Å². The molecule has 1 heterocycles. The van der Waals surface area contributed by atoms with Gasteiger partial charge in [-0.05, 0) is 24.2 Å². The first kappa shape index (κ1) is 13.5. The Kier molecular flexibility index (Phi) is 5.00. The molecular weight excluding hydrogens is 241 g/mol. The standard InChI is InChI=1S/C12H12FN3.ClH/c13-11-3-1-2-9(6-11)10-7-15-12(4-5-14)16-8-10;/h1-3,6-8H,4-5,14H2;1H. The summed E-state index contributed by atoms with van der Waals surface area (Å²) in [6, 6.07) is 6.36. The molecule has 0 saturated carbocycles. The summed E-state index contributed by atoms with van der Waals surface area (Å²) in [7, 11) is 0. The largest absolute Gasteiger partial charge is 0.330 e. The van der Waals surface area contributed by atoms with Crippen molar-refractivity contribution in [1.29, 1.82) is 0 Å². The van der Waals surface area contributed by atoms with E-state index in [4.69, 9.17) is 5.73 Å². The van der Waals surface area contributed by atoms with E-state index in [0.717, 1.165) is 11.1 Å². The van der Waals surface area contributed by atoms with Gasteiger partial charge in [-0.3, -0.25) is 0 Å². The molecule has 0 aliphatic carbocycles. The third-order valence-electron chi connectivity index (χ3n) is 2.23. The molecule has 0 aliphatic heterocycles. The molecule has 0 unspecified atom stereocenters. The molecule has 0 aliphatic rings. The monoisotopic (exact) mass is 253 g/mol. The number of hydrogen-bond acceptors (Lipinski definition) is 3. The minimum Gasteiger partial charge on any atom is -0.330 e. The zero-order valence-electron chi connectivity index (χ0n) is 9.14. The van der Waals surface area contributed by atoms with Crippen molar-refractivity contribution in [3.05, 3.63) is 48.3 Å². The summed E-state index contributed by atoms with van der Waals surface area (Å²) in [5, 5.41) is 0.